The highest BCUT2D eigenvalue weighted by Crippen LogP contribution is 2.39. The summed E-state index contributed by atoms with van der Waals surface area (Å²) in [5.74, 6) is 0.592. The zero-order chi connectivity index (χ0) is 12.4. The summed E-state index contributed by atoms with van der Waals surface area (Å²) in [5.41, 5.74) is 8.61. The van der Waals surface area contributed by atoms with Gasteiger partial charge < -0.3 is 5.73 Å². The van der Waals surface area contributed by atoms with Crippen molar-refractivity contribution in [3.63, 3.8) is 0 Å². The Hall–Kier alpha value is -0.380. The van der Waals surface area contributed by atoms with E-state index in [0.717, 1.165) is 13.1 Å². The SMILES string of the molecule is CCN1CCC(CN)C1c1ccc(C)cc1Br. The molecule has 1 aromatic carbocycles. The maximum atomic E-state index is 5.92. The van der Waals surface area contributed by atoms with E-state index >= 15 is 0 Å². The van der Waals surface area contributed by atoms with Crippen LogP contribution in [0.4, 0.5) is 0 Å². The number of halogens is 1. The van der Waals surface area contributed by atoms with Crippen molar-refractivity contribution in [1.82, 2.24) is 4.90 Å². The minimum Gasteiger partial charge on any atom is -0.330 e. The number of hydrogen-bond donors (Lipinski definition) is 1. The van der Waals surface area contributed by atoms with Crippen LogP contribution in [0.15, 0.2) is 22.7 Å². The minimum atomic E-state index is 0.486. The van der Waals surface area contributed by atoms with Crippen LogP contribution < -0.4 is 5.73 Å². The van der Waals surface area contributed by atoms with Crippen LogP contribution in [0.3, 0.4) is 0 Å². The Balaban J connectivity index is 2.34. The molecular formula is C14H21BrN2. The summed E-state index contributed by atoms with van der Waals surface area (Å²) in [6.45, 7) is 7.40. The fraction of sp³-hybridized carbons (Fsp3) is 0.571. The first-order valence-corrected chi connectivity index (χ1v) is 7.16. The number of benzene rings is 1. The normalized spacial score (nSPS) is 25.4. The number of nitrogens with zero attached hydrogens (tertiary/aromatic N) is 1. The lowest BCUT2D eigenvalue weighted by atomic mass is 9.93. The van der Waals surface area contributed by atoms with Crippen LogP contribution >= 0.6 is 15.9 Å². The molecule has 0 radical (unpaired) electrons. The lowest BCUT2D eigenvalue weighted by Crippen LogP contribution is -2.28. The Labute approximate surface area is 112 Å². The molecule has 0 bridgehead atoms. The molecule has 1 fully saturated rings. The van der Waals surface area contributed by atoms with E-state index in [0.29, 0.717) is 12.0 Å². The van der Waals surface area contributed by atoms with Crippen molar-refractivity contribution >= 4 is 15.9 Å². The maximum Gasteiger partial charge on any atom is 0.0399 e. The minimum absolute atomic E-state index is 0.486. The van der Waals surface area contributed by atoms with E-state index in [9.17, 15) is 0 Å². The number of aryl methyl sites for hydroxylation is 1. The molecule has 1 saturated heterocycles. The van der Waals surface area contributed by atoms with Crippen LogP contribution in [0.2, 0.25) is 0 Å². The average Bonchev–Trinajstić information content (AvgIpc) is 2.71. The van der Waals surface area contributed by atoms with Gasteiger partial charge in [-0.3, -0.25) is 4.90 Å². The van der Waals surface area contributed by atoms with E-state index in [1.807, 2.05) is 0 Å². The van der Waals surface area contributed by atoms with Gasteiger partial charge in [-0.25, -0.2) is 0 Å². The molecular weight excluding hydrogens is 276 g/mol. The molecule has 1 aliphatic rings. The molecule has 0 saturated carbocycles. The number of hydrogen-bond acceptors (Lipinski definition) is 2. The number of rotatable bonds is 3. The van der Waals surface area contributed by atoms with Gasteiger partial charge in [0.2, 0.25) is 0 Å². The Bertz CT molecular complexity index is 380. The van der Waals surface area contributed by atoms with E-state index in [2.05, 4.69) is 52.9 Å². The summed E-state index contributed by atoms with van der Waals surface area (Å²) in [5, 5.41) is 0. The van der Waals surface area contributed by atoms with Gasteiger partial charge in [-0.1, -0.05) is 35.0 Å². The number of nitrogens with two attached hydrogens (primary N) is 1. The highest BCUT2D eigenvalue weighted by Gasteiger charge is 2.34. The molecule has 2 N–H and O–H groups in total. The van der Waals surface area contributed by atoms with Crippen molar-refractivity contribution in [2.24, 2.45) is 11.7 Å². The molecule has 0 aliphatic carbocycles. The van der Waals surface area contributed by atoms with Gasteiger partial charge in [0, 0.05) is 10.5 Å². The zero-order valence-corrected chi connectivity index (χ0v) is 12.2. The first kappa shape index (κ1) is 13.1. The molecule has 0 spiro atoms. The van der Waals surface area contributed by atoms with Crippen molar-refractivity contribution in [2.45, 2.75) is 26.3 Å². The van der Waals surface area contributed by atoms with Crippen LogP contribution in [0.5, 0.6) is 0 Å². The topological polar surface area (TPSA) is 29.3 Å². The van der Waals surface area contributed by atoms with Crippen molar-refractivity contribution in [1.29, 1.82) is 0 Å². The third-order valence-corrected chi connectivity index (χ3v) is 4.50. The van der Waals surface area contributed by atoms with Crippen molar-refractivity contribution in [2.75, 3.05) is 19.6 Å². The summed E-state index contributed by atoms with van der Waals surface area (Å²) < 4.78 is 1.22. The summed E-state index contributed by atoms with van der Waals surface area (Å²) in [6.07, 6.45) is 1.22. The van der Waals surface area contributed by atoms with E-state index < -0.39 is 0 Å². The molecule has 1 aliphatic heterocycles. The Morgan fingerprint density at radius 1 is 1.47 bits per heavy atom. The van der Waals surface area contributed by atoms with Crippen LogP contribution in [-0.4, -0.2) is 24.5 Å². The van der Waals surface area contributed by atoms with E-state index in [1.165, 1.54) is 28.6 Å². The van der Waals surface area contributed by atoms with Crippen LogP contribution in [-0.2, 0) is 0 Å². The predicted molar refractivity (Wildman–Crippen MR) is 76.0 cm³/mol. The largest absolute Gasteiger partial charge is 0.330 e. The van der Waals surface area contributed by atoms with E-state index in [-0.39, 0.29) is 0 Å². The van der Waals surface area contributed by atoms with Gasteiger partial charge >= 0.3 is 0 Å². The number of likely N-dealkylation sites (tertiary alicyclic amines) is 1. The second kappa shape index (κ2) is 5.51. The van der Waals surface area contributed by atoms with Crippen molar-refractivity contribution < 1.29 is 0 Å². The third-order valence-electron chi connectivity index (χ3n) is 3.81. The highest BCUT2D eigenvalue weighted by molar-refractivity contribution is 9.10. The summed E-state index contributed by atoms with van der Waals surface area (Å²) in [4.78, 5) is 2.53. The molecule has 17 heavy (non-hydrogen) atoms. The summed E-state index contributed by atoms with van der Waals surface area (Å²) in [7, 11) is 0. The molecule has 1 aromatic rings. The molecule has 1 heterocycles. The molecule has 2 nitrogen and oxygen atoms in total. The van der Waals surface area contributed by atoms with Gasteiger partial charge in [0.15, 0.2) is 0 Å². The van der Waals surface area contributed by atoms with E-state index in [1.54, 1.807) is 0 Å². The predicted octanol–water partition coefficient (Wildman–Crippen LogP) is 3.10. The summed E-state index contributed by atoms with van der Waals surface area (Å²) >= 11 is 3.70. The second-order valence-corrected chi connectivity index (χ2v) is 5.74. The standard InChI is InChI=1S/C14H21BrN2/c1-3-17-7-6-11(9-16)14(17)12-5-4-10(2)8-13(12)15/h4-5,8,11,14H,3,6-7,9,16H2,1-2H3. The molecule has 2 atom stereocenters. The van der Waals surface area contributed by atoms with Gasteiger partial charge in [-0.15, -0.1) is 0 Å². The Morgan fingerprint density at radius 2 is 2.24 bits per heavy atom. The van der Waals surface area contributed by atoms with Crippen LogP contribution in [0.25, 0.3) is 0 Å². The molecule has 2 unspecified atom stereocenters. The highest BCUT2D eigenvalue weighted by atomic mass is 79.9. The third kappa shape index (κ3) is 2.56. The first-order valence-electron chi connectivity index (χ1n) is 6.37. The molecule has 0 amide bonds. The van der Waals surface area contributed by atoms with Gasteiger partial charge in [-0.05, 0) is 56.1 Å². The molecule has 0 aromatic heterocycles. The van der Waals surface area contributed by atoms with Crippen LogP contribution in [0.1, 0.15) is 30.5 Å². The first-order chi connectivity index (χ1) is 8.17. The van der Waals surface area contributed by atoms with Gasteiger partial charge in [-0.2, -0.15) is 0 Å². The quantitative estimate of drug-likeness (QED) is 0.929. The Morgan fingerprint density at radius 3 is 2.82 bits per heavy atom. The van der Waals surface area contributed by atoms with E-state index in [4.69, 9.17) is 5.73 Å². The van der Waals surface area contributed by atoms with Crippen LogP contribution in [0, 0.1) is 12.8 Å². The fourth-order valence-corrected chi connectivity index (χ4v) is 3.58. The zero-order valence-electron chi connectivity index (χ0n) is 10.6. The van der Waals surface area contributed by atoms with Gasteiger partial charge in [0.05, 0.1) is 0 Å². The molecule has 2 rings (SSSR count). The molecule has 94 valence electrons. The monoisotopic (exact) mass is 296 g/mol. The van der Waals surface area contributed by atoms with Crippen molar-refractivity contribution in [3.05, 3.63) is 33.8 Å². The fourth-order valence-electron chi connectivity index (χ4n) is 2.85. The average molecular weight is 297 g/mol. The lowest BCUT2D eigenvalue weighted by Gasteiger charge is -2.28. The lowest BCUT2D eigenvalue weighted by molar-refractivity contribution is 0.241. The smallest absolute Gasteiger partial charge is 0.0399 e. The van der Waals surface area contributed by atoms with Gasteiger partial charge in [0.25, 0.3) is 0 Å². The van der Waals surface area contributed by atoms with Gasteiger partial charge in [0.1, 0.15) is 0 Å². The summed E-state index contributed by atoms with van der Waals surface area (Å²) in [6, 6.07) is 7.13. The van der Waals surface area contributed by atoms with Crippen molar-refractivity contribution in [3.8, 4) is 0 Å². The second-order valence-electron chi connectivity index (χ2n) is 4.88. The maximum absolute atomic E-state index is 5.92. The molecule has 3 heteroatoms. The Kier molecular flexibility index (Phi) is 4.23.